The average Bonchev–Trinajstić information content (AvgIpc) is 3.64. The van der Waals surface area contributed by atoms with Crippen LogP contribution in [-0.2, 0) is 0 Å². The number of nitrogens with one attached hydrogen (secondary N) is 1. The van der Waals surface area contributed by atoms with Gasteiger partial charge in [-0.25, -0.2) is 4.99 Å². The summed E-state index contributed by atoms with van der Waals surface area (Å²) in [5, 5.41) is 8.84. The SMILES string of the molecule is C1=NC(n2c3ccccc3c3cc(-c4cccc5c4sc4ccccc45)ccc32)NC(c2ccc(-c3ccccc3)cc2)=C1. The van der Waals surface area contributed by atoms with Crippen LogP contribution >= 0.6 is 11.3 Å². The van der Waals surface area contributed by atoms with Crippen molar-refractivity contribution in [1.29, 1.82) is 0 Å². The van der Waals surface area contributed by atoms with Gasteiger partial charge in [-0.1, -0.05) is 115 Å². The molecule has 2 aromatic heterocycles. The molecule has 1 aliphatic heterocycles. The van der Waals surface area contributed by atoms with Gasteiger partial charge in [0, 0.05) is 42.9 Å². The number of rotatable bonds is 4. The van der Waals surface area contributed by atoms with E-state index >= 15 is 0 Å². The van der Waals surface area contributed by atoms with Crippen molar-refractivity contribution in [2.75, 3.05) is 0 Å². The first-order valence-corrected chi connectivity index (χ1v) is 15.7. The van der Waals surface area contributed by atoms with Crippen LogP contribution in [-0.4, -0.2) is 10.8 Å². The number of hydrogen-bond acceptors (Lipinski definition) is 3. The molecule has 3 nitrogen and oxygen atoms in total. The second-order valence-corrected chi connectivity index (χ2v) is 12.3. The van der Waals surface area contributed by atoms with Gasteiger partial charge < -0.3 is 9.88 Å². The largest absolute Gasteiger partial charge is 0.346 e. The van der Waals surface area contributed by atoms with Crippen molar-refractivity contribution < 1.29 is 0 Å². The summed E-state index contributed by atoms with van der Waals surface area (Å²) < 4.78 is 4.99. The topological polar surface area (TPSA) is 29.3 Å². The molecule has 0 fully saturated rings. The van der Waals surface area contributed by atoms with E-state index in [-0.39, 0.29) is 6.29 Å². The summed E-state index contributed by atoms with van der Waals surface area (Å²) in [7, 11) is 0. The van der Waals surface area contributed by atoms with E-state index in [1.807, 2.05) is 17.6 Å². The van der Waals surface area contributed by atoms with Gasteiger partial charge in [-0.3, -0.25) is 0 Å². The van der Waals surface area contributed by atoms with Gasteiger partial charge in [0.25, 0.3) is 0 Å². The Balaban J connectivity index is 1.12. The van der Waals surface area contributed by atoms with Crippen LogP contribution in [0.15, 0.2) is 151 Å². The zero-order chi connectivity index (χ0) is 29.0. The molecule has 9 rings (SSSR count). The van der Waals surface area contributed by atoms with Crippen molar-refractivity contribution in [1.82, 2.24) is 9.88 Å². The summed E-state index contributed by atoms with van der Waals surface area (Å²) in [6.45, 7) is 0. The third-order valence-electron chi connectivity index (χ3n) is 8.73. The highest BCUT2D eigenvalue weighted by Crippen LogP contribution is 2.42. The molecule has 1 N–H and O–H groups in total. The first kappa shape index (κ1) is 25.1. The first-order valence-electron chi connectivity index (χ1n) is 14.9. The molecule has 0 saturated heterocycles. The number of thiophene rings is 1. The molecule has 0 radical (unpaired) electrons. The lowest BCUT2D eigenvalue weighted by atomic mass is 10.0. The van der Waals surface area contributed by atoms with E-state index in [2.05, 4.69) is 155 Å². The Kier molecular flexibility index (Phi) is 5.75. The zero-order valence-corrected chi connectivity index (χ0v) is 24.6. The van der Waals surface area contributed by atoms with E-state index in [0.29, 0.717) is 0 Å². The van der Waals surface area contributed by atoms with E-state index in [9.17, 15) is 0 Å². The van der Waals surface area contributed by atoms with Crippen LogP contribution in [0.2, 0.25) is 0 Å². The Labute approximate surface area is 259 Å². The minimum absolute atomic E-state index is 0.261. The van der Waals surface area contributed by atoms with Crippen LogP contribution in [0, 0.1) is 0 Å². The van der Waals surface area contributed by atoms with E-state index < -0.39 is 0 Å². The molecule has 44 heavy (non-hydrogen) atoms. The Morgan fingerprint density at radius 2 is 1.23 bits per heavy atom. The van der Waals surface area contributed by atoms with Gasteiger partial charge in [-0.2, -0.15) is 0 Å². The number of para-hydroxylation sites is 1. The summed E-state index contributed by atoms with van der Waals surface area (Å²) in [6.07, 6.45) is 3.73. The Hall–Kier alpha value is -5.45. The number of hydrogen-bond donors (Lipinski definition) is 1. The van der Waals surface area contributed by atoms with Crippen LogP contribution in [0.5, 0.6) is 0 Å². The molecular weight excluding hydrogens is 555 g/mol. The van der Waals surface area contributed by atoms with Gasteiger partial charge in [0.1, 0.15) is 0 Å². The minimum Gasteiger partial charge on any atom is -0.346 e. The number of nitrogens with zero attached hydrogens (tertiary/aromatic N) is 2. The summed E-state index contributed by atoms with van der Waals surface area (Å²) in [6, 6.07) is 50.2. The highest BCUT2D eigenvalue weighted by molar-refractivity contribution is 7.26. The van der Waals surface area contributed by atoms with Crippen LogP contribution < -0.4 is 5.32 Å². The maximum Gasteiger partial charge on any atom is 0.200 e. The van der Waals surface area contributed by atoms with Gasteiger partial charge in [-0.15, -0.1) is 11.3 Å². The van der Waals surface area contributed by atoms with Gasteiger partial charge in [0.05, 0.1) is 11.0 Å². The Morgan fingerprint density at radius 1 is 0.545 bits per heavy atom. The maximum atomic E-state index is 4.91. The molecule has 3 heterocycles. The monoisotopic (exact) mass is 581 g/mol. The second kappa shape index (κ2) is 10.1. The number of benzene rings is 6. The molecule has 0 saturated carbocycles. The second-order valence-electron chi connectivity index (χ2n) is 11.2. The number of allylic oxidation sites excluding steroid dienone is 1. The van der Waals surface area contributed by atoms with Crippen molar-refractivity contribution >= 4 is 65.2 Å². The maximum absolute atomic E-state index is 4.91. The normalized spacial score (nSPS) is 14.8. The molecule has 1 atom stereocenters. The van der Waals surface area contributed by atoms with Gasteiger partial charge >= 0.3 is 0 Å². The average molecular weight is 582 g/mol. The number of aromatic nitrogens is 1. The highest BCUT2D eigenvalue weighted by Gasteiger charge is 2.21. The predicted octanol–water partition coefficient (Wildman–Crippen LogP) is 10.7. The molecule has 4 heteroatoms. The fourth-order valence-electron chi connectivity index (χ4n) is 6.62. The lowest BCUT2D eigenvalue weighted by Crippen LogP contribution is -2.26. The molecule has 208 valence electrons. The highest BCUT2D eigenvalue weighted by atomic mass is 32.1. The lowest BCUT2D eigenvalue weighted by Gasteiger charge is -2.24. The Morgan fingerprint density at radius 3 is 2.11 bits per heavy atom. The molecule has 8 aromatic rings. The Bertz CT molecular complexity index is 2410. The summed E-state index contributed by atoms with van der Waals surface area (Å²) >= 11 is 1.88. The molecule has 6 aromatic carbocycles. The third-order valence-corrected chi connectivity index (χ3v) is 9.95. The quantitative estimate of drug-likeness (QED) is 0.220. The van der Waals surface area contributed by atoms with Crippen molar-refractivity contribution in [2.45, 2.75) is 6.29 Å². The molecule has 0 aliphatic carbocycles. The molecule has 0 bridgehead atoms. The van der Waals surface area contributed by atoms with Crippen molar-refractivity contribution in [3.63, 3.8) is 0 Å². The molecule has 0 amide bonds. The van der Waals surface area contributed by atoms with Crippen molar-refractivity contribution in [3.8, 4) is 22.3 Å². The van der Waals surface area contributed by atoms with E-state index in [1.165, 1.54) is 53.2 Å². The molecular formula is C40H27N3S. The molecule has 1 unspecified atom stereocenters. The number of aliphatic imine (C=N–C) groups is 1. The van der Waals surface area contributed by atoms with Crippen LogP contribution in [0.1, 0.15) is 11.9 Å². The van der Waals surface area contributed by atoms with E-state index in [4.69, 9.17) is 4.99 Å². The summed E-state index contributed by atoms with van der Waals surface area (Å²) in [5.41, 5.74) is 9.46. The third kappa shape index (κ3) is 3.99. The van der Waals surface area contributed by atoms with Gasteiger partial charge in [0.15, 0.2) is 0 Å². The van der Waals surface area contributed by atoms with Crippen LogP contribution in [0.4, 0.5) is 0 Å². The number of fused-ring (bicyclic) bond motifs is 6. The van der Waals surface area contributed by atoms with Crippen LogP contribution in [0.25, 0.3) is 69.9 Å². The van der Waals surface area contributed by atoms with Crippen molar-refractivity contribution in [3.05, 3.63) is 151 Å². The minimum atomic E-state index is -0.261. The lowest BCUT2D eigenvalue weighted by molar-refractivity contribution is 0.510. The molecule has 1 aliphatic rings. The summed E-state index contributed by atoms with van der Waals surface area (Å²) in [4.78, 5) is 4.91. The van der Waals surface area contributed by atoms with E-state index in [0.717, 1.165) is 22.3 Å². The summed E-state index contributed by atoms with van der Waals surface area (Å²) in [5.74, 6) is 0. The van der Waals surface area contributed by atoms with Crippen LogP contribution in [0.3, 0.4) is 0 Å². The van der Waals surface area contributed by atoms with Crippen molar-refractivity contribution in [2.24, 2.45) is 4.99 Å². The van der Waals surface area contributed by atoms with E-state index in [1.54, 1.807) is 0 Å². The zero-order valence-electron chi connectivity index (χ0n) is 23.8. The fourth-order valence-corrected chi connectivity index (χ4v) is 7.85. The predicted molar refractivity (Wildman–Crippen MR) is 188 cm³/mol. The molecule has 0 spiro atoms. The standard InChI is InChI=1S/C40H27N3S/c1-2-9-26(10-3-1)27-17-19-28(20-18-27)35-23-24-41-40(42-35)43-36-15-6-4-11-31(36)34-25-29(21-22-37(34)43)30-13-8-14-33-32-12-5-7-16-38(32)44-39(30)33/h1-25,40,42H. The van der Waals surface area contributed by atoms with Gasteiger partial charge in [0.2, 0.25) is 6.29 Å². The van der Waals surface area contributed by atoms with Gasteiger partial charge in [-0.05, 0) is 58.2 Å². The smallest absolute Gasteiger partial charge is 0.200 e. The first-order chi connectivity index (χ1) is 21.8. The fraction of sp³-hybridized carbons (Fsp3) is 0.0250.